The van der Waals surface area contributed by atoms with Crippen molar-refractivity contribution in [3.8, 4) is 0 Å². The minimum atomic E-state index is -0.919. The second-order valence-electron chi connectivity index (χ2n) is 6.26. The summed E-state index contributed by atoms with van der Waals surface area (Å²) in [4.78, 5) is 19.9. The van der Waals surface area contributed by atoms with E-state index in [1.807, 2.05) is 28.8 Å². The van der Waals surface area contributed by atoms with Gasteiger partial charge in [-0.1, -0.05) is 0 Å². The highest BCUT2D eigenvalue weighted by atomic mass is 16.6. The van der Waals surface area contributed by atoms with Crippen molar-refractivity contribution < 1.29 is 24.5 Å². The smallest absolute Gasteiger partial charge is 0.275 e. The molecule has 0 aliphatic carbocycles. The Bertz CT molecular complexity index is 527. The lowest BCUT2D eigenvalue weighted by Crippen LogP contribution is -2.50. The maximum Gasteiger partial charge on any atom is 0.275 e. The first-order chi connectivity index (χ1) is 10.9. The first-order valence-corrected chi connectivity index (χ1v) is 7.56. The number of ether oxygens (including phenoxy) is 2. The molecule has 2 N–H and O–H groups in total. The largest absolute Gasteiger partial charge is 0.394 e. The Morgan fingerprint density at radius 3 is 2.52 bits per heavy atom. The fraction of sp³-hybridized carbons (Fsp3) is 0.786. The molecular weight excluding hydrogens is 304 g/mol. The normalized spacial score (nSPS) is 34.8. The van der Waals surface area contributed by atoms with Crippen LogP contribution in [-0.4, -0.2) is 108 Å². The Kier molecular flexibility index (Phi) is 4.13. The molecule has 3 heterocycles. The monoisotopic (exact) mass is 328 g/mol. The van der Waals surface area contributed by atoms with Crippen LogP contribution in [0.2, 0.25) is 0 Å². The van der Waals surface area contributed by atoms with Gasteiger partial charge in [-0.05, 0) is 0 Å². The Morgan fingerprint density at radius 2 is 1.91 bits per heavy atom. The number of aliphatic hydroxyl groups is 2. The molecule has 0 aromatic carbocycles. The van der Waals surface area contributed by atoms with Crippen LogP contribution in [-0.2, 0) is 14.3 Å². The average molecular weight is 328 g/mol. The first-order valence-electron chi connectivity index (χ1n) is 7.56. The molecule has 23 heavy (non-hydrogen) atoms. The zero-order valence-electron chi connectivity index (χ0n) is 13.8. The zero-order chi connectivity index (χ0) is 16.9. The van der Waals surface area contributed by atoms with Gasteiger partial charge in [0.25, 0.3) is 5.91 Å². The van der Waals surface area contributed by atoms with Crippen LogP contribution in [0.15, 0.2) is 11.5 Å². The molecule has 130 valence electrons. The van der Waals surface area contributed by atoms with Gasteiger partial charge in [-0.3, -0.25) is 4.79 Å². The van der Waals surface area contributed by atoms with E-state index in [0.717, 1.165) is 5.82 Å². The van der Waals surface area contributed by atoms with Gasteiger partial charge in [0, 0.05) is 28.3 Å². The van der Waals surface area contributed by atoms with E-state index in [9.17, 15) is 15.0 Å². The molecule has 1 amide bonds. The summed E-state index contributed by atoms with van der Waals surface area (Å²) in [5.74, 6) is 0.711. The third kappa shape index (κ3) is 2.35. The zero-order valence-corrected chi connectivity index (χ0v) is 13.8. The number of carbonyl (C=O) groups excluding carboxylic acids is 1. The quantitative estimate of drug-likeness (QED) is 0.604. The molecule has 3 aliphatic rings. The van der Waals surface area contributed by atoms with Gasteiger partial charge in [0.05, 0.1) is 19.9 Å². The predicted octanol–water partition coefficient (Wildman–Crippen LogP) is -2.19. The van der Waals surface area contributed by atoms with Crippen molar-refractivity contribution in [2.45, 2.75) is 24.5 Å². The number of aliphatic hydroxyl groups excluding tert-OH is 2. The Hall–Kier alpha value is -1.55. The van der Waals surface area contributed by atoms with Crippen LogP contribution < -0.4 is 0 Å². The number of hydrogen-bond acceptors (Lipinski definition) is 8. The van der Waals surface area contributed by atoms with Crippen molar-refractivity contribution in [1.82, 2.24) is 19.6 Å². The van der Waals surface area contributed by atoms with Crippen molar-refractivity contribution in [3.63, 3.8) is 0 Å². The summed E-state index contributed by atoms with van der Waals surface area (Å²) in [6, 6.07) is 0. The minimum Gasteiger partial charge on any atom is -0.394 e. The number of amides is 1. The number of hydrogen-bond donors (Lipinski definition) is 2. The molecule has 0 bridgehead atoms. The lowest BCUT2D eigenvalue weighted by atomic mass is 10.1. The third-order valence-electron chi connectivity index (χ3n) is 4.64. The standard InChI is InChI=1S/C14H24N4O5/c1-15-7-18(12-9(15)13(21)17(3)6-16(12)2)14-11(22-4)10(20)8(5-19)23-14/h8,10-11,14,19-20H,5-7H2,1-4H3/t8-,10-,11-,14-/m1/s1. The maximum absolute atomic E-state index is 12.5. The van der Waals surface area contributed by atoms with Crippen LogP contribution in [0.25, 0.3) is 0 Å². The summed E-state index contributed by atoms with van der Waals surface area (Å²) in [5, 5.41) is 19.6. The van der Waals surface area contributed by atoms with E-state index in [-0.39, 0.29) is 12.5 Å². The van der Waals surface area contributed by atoms with Gasteiger partial charge in [0.15, 0.2) is 6.23 Å². The molecule has 4 atom stereocenters. The van der Waals surface area contributed by atoms with Crippen molar-refractivity contribution in [1.29, 1.82) is 0 Å². The second-order valence-corrected chi connectivity index (χ2v) is 6.26. The number of nitrogens with zero attached hydrogens (tertiary/aromatic N) is 4. The molecule has 1 fully saturated rings. The highest BCUT2D eigenvalue weighted by Gasteiger charge is 2.51. The van der Waals surface area contributed by atoms with Gasteiger partial charge in [-0.15, -0.1) is 0 Å². The van der Waals surface area contributed by atoms with Gasteiger partial charge in [0.1, 0.15) is 29.8 Å². The fourth-order valence-corrected chi connectivity index (χ4v) is 3.54. The fourth-order valence-electron chi connectivity index (χ4n) is 3.54. The van der Waals surface area contributed by atoms with Gasteiger partial charge in [0.2, 0.25) is 0 Å². The van der Waals surface area contributed by atoms with Crippen molar-refractivity contribution in [3.05, 3.63) is 11.5 Å². The average Bonchev–Trinajstić information content (AvgIpc) is 3.02. The van der Waals surface area contributed by atoms with Crippen molar-refractivity contribution in [2.24, 2.45) is 0 Å². The number of methoxy groups -OCH3 is 1. The van der Waals surface area contributed by atoms with Crippen LogP contribution in [0.3, 0.4) is 0 Å². The highest BCUT2D eigenvalue weighted by Crippen LogP contribution is 2.36. The minimum absolute atomic E-state index is 0.0469. The molecule has 1 saturated heterocycles. The molecule has 3 rings (SSSR count). The van der Waals surface area contributed by atoms with E-state index in [1.165, 1.54) is 7.11 Å². The molecule has 0 radical (unpaired) electrons. The summed E-state index contributed by atoms with van der Waals surface area (Å²) >= 11 is 0. The van der Waals surface area contributed by atoms with Crippen LogP contribution >= 0.6 is 0 Å². The maximum atomic E-state index is 12.5. The van der Waals surface area contributed by atoms with E-state index >= 15 is 0 Å². The number of likely N-dealkylation sites (N-methyl/N-ethyl adjacent to an activating group) is 2. The molecule has 0 aromatic rings. The van der Waals surface area contributed by atoms with E-state index < -0.39 is 24.5 Å². The SMILES string of the molecule is CO[C@@H]1[C@H](O)[C@@H](CO)O[C@H]1N1CN(C)C2=C1N(C)CN(C)C2=O. The molecule has 9 nitrogen and oxygen atoms in total. The second kappa shape index (κ2) is 5.82. The summed E-state index contributed by atoms with van der Waals surface area (Å²) in [6.07, 6.45) is -2.79. The summed E-state index contributed by atoms with van der Waals surface area (Å²) in [6.45, 7) is 0.632. The predicted molar refractivity (Wildman–Crippen MR) is 79.4 cm³/mol. The molecule has 9 heteroatoms. The Balaban J connectivity index is 1.95. The van der Waals surface area contributed by atoms with Crippen LogP contribution in [0.4, 0.5) is 0 Å². The van der Waals surface area contributed by atoms with Gasteiger partial charge in [-0.2, -0.15) is 0 Å². The number of carbonyl (C=O) groups is 1. The molecule has 3 aliphatic heterocycles. The van der Waals surface area contributed by atoms with E-state index in [2.05, 4.69) is 0 Å². The topological polar surface area (TPSA) is 88.9 Å². The Labute approximate surface area is 135 Å². The van der Waals surface area contributed by atoms with Gasteiger partial charge < -0.3 is 39.3 Å². The van der Waals surface area contributed by atoms with Gasteiger partial charge >= 0.3 is 0 Å². The van der Waals surface area contributed by atoms with Crippen LogP contribution in [0, 0.1) is 0 Å². The Morgan fingerprint density at radius 1 is 1.22 bits per heavy atom. The summed E-state index contributed by atoms with van der Waals surface area (Å²) in [7, 11) is 7.01. The van der Waals surface area contributed by atoms with Gasteiger partial charge in [-0.25, -0.2) is 0 Å². The molecule has 0 aromatic heterocycles. The summed E-state index contributed by atoms with van der Waals surface area (Å²) in [5.41, 5.74) is 0.599. The molecule has 0 saturated carbocycles. The molecule has 0 spiro atoms. The third-order valence-corrected chi connectivity index (χ3v) is 4.64. The molecular formula is C14H24N4O5. The van der Waals surface area contributed by atoms with Crippen molar-refractivity contribution >= 4 is 5.91 Å². The van der Waals surface area contributed by atoms with Crippen LogP contribution in [0.1, 0.15) is 0 Å². The van der Waals surface area contributed by atoms with E-state index in [1.54, 1.807) is 11.9 Å². The number of rotatable bonds is 3. The van der Waals surface area contributed by atoms with Crippen LogP contribution in [0.5, 0.6) is 0 Å². The van der Waals surface area contributed by atoms with Crippen molar-refractivity contribution in [2.75, 3.05) is 48.2 Å². The first kappa shape index (κ1) is 16.3. The lowest BCUT2D eigenvalue weighted by Gasteiger charge is -2.38. The summed E-state index contributed by atoms with van der Waals surface area (Å²) < 4.78 is 11.2. The highest BCUT2D eigenvalue weighted by molar-refractivity contribution is 5.94. The lowest BCUT2D eigenvalue weighted by molar-refractivity contribution is -0.130. The van der Waals surface area contributed by atoms with E-state index in [0.29, 0.717) is 19.0 Å². The molecule has 0 unspecified atom stereocenters. The van der Waals surface area contributed by atoms with E-state index in [4.69, 9.17) is 9.47 Å².